The molecule has 0 bridgehead atoms. The Morgan fingerprint density at radius 3 is 2.44 bits per heavy atom. The number of amides is 1. The Bertz CT molecular complexity index is 408. The van der Waals surface area contributed by atoms with E-state index in [1.54, 1.807) is 0 Å². The summed E-state index contributed by atoms with van der Waals surface area (Å²) in [6.07, 6.45) is 5.26. The maximum atomic E-state index is 11.1. The topological polar surface area (TPSA) is 43.1 Å². The molecule has 1 aromatic carbocycles. The van der Waals surface area contributed by atoms with Crippen LogP contribution in [-0.2, 0) is 0 Å². The van der Waals surface area contributed by atoms with Crippen molar-refractivity contribution in [2.75, 3.05) is 0 Å². The summed E-state index contributed by atoms with van der Waals surface area (Å²) in [4.78, 5) is 11.1. The predicted molar refractivity (Wildman–Crippen MR) is 74.5 cm³/mol. The maximum Gasteiger partial charge on any atom is 0.248 e. The molecule has 1 amide bonds. The number of hydrogen-bond donors (Lipinski definition) is 1. The van der Waals surface area contributed by atoms with Gasteiger partial charge >= 0.3 is 0 Å². The van der Waals surface area contributed by atoms with Gasteiger partial charge in [0.2, 0.25) is 5.91 Å². The summed E-state index contributed by atoms with van der Waals surface area (Å²) in [6, 6.07) is 7.87. The van der Waals surface area contributed by atoms with Gasteiger partial charge in [0.25, 0.3) is 0 Å². The van der Waals surface area contributed by atoms with Crippen LogP contribution in [0.15, 0.2) is 24.3 Å². The second kappa shape index (κ2) is 5.55. The van der Waals surface area contributed by atoms with Gasteiger partial charge in [-0.25, -0.2) is 0 Å². The molecular weight excluding hydrogens is 222 g/mol. The molecule has 18 heavy (non-hydrogen) atoms. The summed E-state index contributed by atoms with van der Waals surface area (Å²) in [6.45, 7) is 4.65. The van der Waals surface area contributed by atoms with Gasteiger partial charge in [-0.05, 0) is 48.3 Å². The molecule has 0 aliphatic heterocycles. The normalized spacial score (nSPS) is 24.2. The molecule has 2 N–H and O–H groups in total. The molecule has 0 spiro atoms. The highest BCUT2D eigenvalue weighted by Gasteiger charge is 2.25. The molecule has 0 saturated heterocycles. The second-order valence-electron chi connectivity index (χ2n) is 5.85. The van der Waals surface area contributed by atoms with Crippen molar-refractivity contribution < 1.29 is 4.79 Å². The smallest absolute Gasteiger partial charge is 0.248 e. The highest BCUT2D eigenvalue weighted by Crippen LogP contribution is 2.39. The van der Waals surface area contributed by atoms with Gasteiger partial charge in [0.15, 0.2) is 0 Å². The zero-order valence-electron chi connectivity index (χ0n) is 11.4. The summed E-state index contributed by atoms with van der Waals surface area (Å²) < 4.78 is 0. The number of nitrogens with two attached hydrogens (primary N) is 1. The molecule has 1 aromatic rings. The molecule has 98 valence electrons. The van der Waals surface area contributed by atoms with Crippen LogP contribution < -0.4 is 5.73 Å². The molecule has 2 rings (SSSR count). The molecule has 1 fully saturated rings. The van der Waals surface area contributed by atoms with Crippen LogP contribution in [0.2, 0.25) is 0 Å². The maximum absolute atomic E-state index is 11.1. The lowest BCUT2D eigenvalue weighted by Crippen LogP contribution is -2.18. The fourth-order valence-electron chi connectivity index (χ4n) is 3.06. The first-order valence-corrected chi connectivity index (χ1v) is 6.97. The zero-order chi connectivity index (χ0) is 13.1. The highest BCUT2D eigenvalue weighted by molar-refractivity contribution is 5.92. The Hall–Kier alpha value is -1.31. The standard InChI is InChI=1S/C16H23NO/c1-11(2)14-4-3-5-15(10-14)12-6-8-13(9-7-12)16(17)18/h6-9,11,14-15H,3-5,10H2,1-2H3,(H2,17,18). The van der Waals surface area contributed by atoms with Gasteiger partial charge in [-0.15, -0.1) is 0 Å². The average Bonchev–Trinajstić information content (AvgIpc) is 2.39. The highest BCUT2D eigenvalue weighted by atomic mass is 16.1. The van der Waals surface area contributed by atoms with E-state index in [4.69, 9.17) is 5.73 Å². The lowest BCUT2D eigenvalue weighted by atomic mass is 9.74. The summed E-state index contributed by atoms with van der Waals surface area (Å²) in [5, 5.41) is 0. The molecule has 0 heterocycles. The third kappa shape index (κ3) is 2.92. The van der Waals surface area contributed by atoms with Crippen molar-refractivity contribution in [3.63, 3.8) is 0 Å². The van der Waals surface area contributed by atoms with E-state index in [0.29, 0.717) is 11.5 Å². The van der Waals surface area contributed by atoms with Crippen molar-refractivity contribution in [3.05, 3.63) is 35.4 Å². The average molecular weight is 245 g/mol. The zero-order valence-corrected chi connectivity index (χ0v) is 11.4. The van der Waals surface area contributed by atoms with Gasteiger partial charge in [-0.1, -0.05) is 38.8 Å². The summed E-state index contributed by atoms with van der Waals surface area (Å²) >= 11 is 0. The fraction of sp³-hybridized carbons (Fsp3) is 0.562. The number of rotatable bonds is 3. The first-order chi connectivity index (χ1) is 8.58. The van der Waals surface area contributed by atoms with E-state index in [2.05, 4.69) is 26.0 Å². The predicted octanol–water partition coefficient (Wildman–Crippen LogP) is 3.72. The van der Waals surface area contributed by atoms with Gasteiger partial charge in [-0.3, -0.25) is 4.79 Å². The number of benzene rings is 1. The molecule has 1 saturated carbocycles. The van der Waals surface area contributed by atoms with Crippen LogP contribution in [0.1, 0.15) is 61.4 Å². The Kier molecular flexibility index (Phi) is 4.05. The molecule has 0 aromatic heterocycles. The largest absolute Gasteiger partial charge is 0.366 e. The van der Waals surface area contributed by atoms with Crippen molar-refractivity contribution in [2.45, 2.75) is 45.4 Å². The summed E-state index contributed by atoms with van der Waals surface area (Å²) in [5.41, 5.74) is 7.24. The van der Waals surface area contributed by atoms with Crippen LogP contribution in [-0.4, -0.2) is 5.91 Å². The van der Waals surface area contributed by atoms with E-state index in [1.165, 1.54) is 31.2 Å². The molecule has 2 atom stereocenters. The van der Waals surface area contributed by atoms with Crippen LogP contribution in [0.5, 0.6) is 0 Å². The van der Waals surface area contributed by atoms with Gasteiger partial charge in [-0.2, -0.15) is 0 Å². The minimum absolute atomic E-state index is 0.342. The van der Waals surface area contributed by atoms with Crippen molar-refractivity contribution in [1.82, 2.24) is 0 Å². The molecular formula is C16H23NO. The van der Waals surface area contributed by atoms with Crippen LogP contribution >= 0.6 is 0 Å². The first kappa shape index (κ1) is 13.1. The number of hydrogen-bond acceptors (Lipinski definition) is 1. The van der Waals surface area contributed by atoms with E-state index < -0.39 is 0 Å². The van der Waals surface area contributed by atoms with E-state index in [9.17, 15) is 4.79 Å². The SMILES string of the molecule is CC(C)C1CCCC(c2ccc(C(N)=O)cc2)C1. The Morgan fingerprint density at radius 1 is 1.22 bits per heavy atom. The Labute approximate surface area is 110 Å². The first-order valence-electron chi connectivity index (χ1n) is 6.97. The third-order valence-corrected chi connectivity index (χ3v) is 4.32. The van der Waals surface area contributed by atoms with E-state index in [-0.39, 0.29) is 5.91 Å². The van der Waals surface area contributed by atoms with Crippen LogP contribution in [0, 0.1) is 11.8 Å². The lowest BCUT2D eigenvalue weighted by molar-refractivity contribution is 0.100. The minimum atomic E-state index is -0.342. The lowest BCUT2D eigenvalue weighted by Gasteiger charge is -2.32. The molecule has 2 heteroatoms. The van der Waals surface area contributed by atoms with Crippen molar-refractivity contribution in [2.24, 2.45) is 17.6 Å². The summed E-state index contributed by atoms with van der Waals surface area (Å²) in [7, 11) is 0. The van der Waals surface area contributed by atoms with Gasteiger partial charge in [0.05, 0.1) is 0 Å². The molecule has 1 aliphatic rings. The molecule has 1 aliphatic carbocycles. The van der Waals surface area contributed by atoms with Crippen molar-refractivity contribution in [3.8, 4) is 0 Å². The van der Waals surface area contributed by atoms with Gasteiger partial charge in [0.1, 0.15) is 0 Å². The number of carbonyl (C=O) groups excluding carboxylic acids is 1. The monoisotopic (exact) mass is 245 g/mol. The van der Waals surface area contributed by atoms with Crippen molar-refractivity contribution >= 4 is 5.91 Å². The van der Waals surface area contributed by atoms with Crippen molar-refractivity contribution in [1.29, 1.82) is 0 Å². The Balaban J connectivity index is 2.09. The summed E-state index contributed by atoms with van der Waals surface area (Å²) in [5.74, 6) is 1.94. The second-order valence-corrected chi connectivity index (χ2v) is 5.85. The van der Waals surface area contributed by atoms with E-state index >= 15 is 0 Å². The molecule has 2 nitrogen and oxygen atoms in total. The molecule has 0 radical (unpaired) electrons. The fourth-order valence-corrected chi connectivity index (χ4v) is 3.06. The van der Waals surface area contributed by atoms with Crippen LogP contribution in [0.3, 0.4) is 0 Å². The van der Waals surface area contributed by atoms with Gasteiger partial charge in [0, 0.05) is 5.56 Å². The number of primary amides is 1. The minimum Gasteiger partial charge on any atom is -0.366 e. The van der Waals surface area contributed by atoms with Gasteiger partial charge < -0.3 is 5.73 Å². The third-order valence-electron chi connectivity index (χ3n) is 4.32. The Morgan fingerprint density at radius 2 is 1.89 bits per heavy atom. The van der Waals surface area contributed by atoms with E-state index in [1.807, 2.05) is 12.1 Å². The quantitative estimate of drug-likeness (QED) is 0.866. The van der Waals surface area contributed by atoms with Crippen LogP contribution in [0.4, 0.5) is 0 Å². The van der Waals surface area contributed by atoms with Crippen LogP contribution in [0.25, 0.3) is 0 Å². The van der Waals surface area contributed by atoms with E-state index in [0.717, 1.165) is 11.8 Å². The number of carbonyl (C=O) groups is 1. The molecule has 2 unspecified atom stereocenters.